The quantitative estimate of drug-likeness (QED) is 0.222. The van der Waals surface area contributed by atoms with E-state index in [2.05, 4.69) is 4.99 Å². The smallest absolute Gasteiger partial charge is 0.341 e. The summed E-state index contributed by atoms with van der Waals surface area (Å²) in [5.41, 5.74) is -3.17. The van der Waals surface area contributed by atoms with Gasteiger partial charge in [-0.1, -0.05) is 6.07 Å². The summed E-state index contributed by atoms with van der Waals surface area (Å²) in [5.74, 6) is -6.30. The minimum absolute atomic E-state index is 0.0205. The van der Waals surface area contributed by atoms with Gasteiger partial charge in [0.1, 0.15) is 41.1 Å². The van der Waals surface area contributed by atoms with Crippen molar-refractivity contribution in [2.75, 3.05) is 28.4 Å². The second-order valence-corrected chi connectivity index (χ2v) is 12.6. The van der Waals surface area contributed by atoms with Crippen LogP contribution in [0.25, 0.3) is 5.70 Å². The molecular weight excluding hydrogens is 660 g/mol. The van der Waals surface area contributed by atoms with E-state index in [1.165, 1.54) is 27.2 Å². The number of aromatic hydroxyl groups is 2. The average Bonchev–Trinajstić information content (AvgIpc) is 3.05. The maximum atomic E-state index is 14.6. The number of phenolic OH excluding ortho intramolecular Hbond substituents is 2. The van der Waals surface area contributed by atoms with Gasteiger partial charge in [0.25, 0.3) is 0 Å². The van der Waals surface area contributed by atoms with Gasteiger partial charge in [-0.2, -0.15) is 0 Å². The second kappa shape index (κ2) is 12.1. The number of carbonyl (C=O) groups excluding carboxylic acids is 4. The highest BCUT2D eigenvalue weighted by atomic mass is 16.6. The van der Waals surface area contributed by atoms with Crippen LogP contribution in [-0.2, 0) is 35.7 Å². The molecule has 16 nitrogen and oxygen atoms in total. The van der Waals surface area contributed by atoms with E-state index >= 15 is 0 Å². The normalized spacial score (nSPS) is 32.5. The van der Waals surface area contributed by atoms with Crippen molar-refractivity contribution < 1.29 is 68.4 Å². The van der Waals surface area contributed by atoms with Gasteiger partial charge in [-0.3, -0.25) is 14.4 Å². The average molecular weight is 697 g/mol. The molecule has 1 heterocycles. The van der Waals surface area contributed by atoms with Crippen LogP contribution in [0.4, 0.5) is 0 Å². The fraction of sp³-hybridized carbons (Fsp3) is 0.441. The van der Waals surface area contributed by atoms with Crippen molar-refractivity contribution >= 4 is 34.7 Å². The summed E-state index contributed by atoms with van der Waals surface area (Å²) in [4.78, 5) is 60.1. The Morgan fingerprint density at radius 3 is 2.24 bits per heavy atom. The zero-order chi connectivity index (χ0) is 36.8. The fourth-order valence-corrected chi connectivity index (χ4v) is 7.83. The van der Waals surface area contributed by atoms with Gasteiger partial charge < -0.3 is 55.0 Å². The van der Waals surface area contributed by atoms with Crippen LogP contribution in [-0.4, -0.2) is 125 Å². The number of ketones is 3. The lowest BCUT2D eigenvalue weighted by atomic mass is 9.56. The number of rotatable bonds is 5. The van der Waals surface area contributed by atoms with Crippen molar-refractivity contribution in [2.45, 2.75) is 68.2 Å². The zero-order valence-electron chi connectivity index (χ0n) is 27.8. The number of phenols is 2. The van der Waals surface area contributed by atoms with Gasteiger partial charge in [0.15, 0.2) is 17.4 Å². The summed E-state index contributed by atoms with van der Waals surface area (Å²) < 4.78 is 26.9. The lowest BCUT2D eigenvalue weighted by Gasteiger charge is -2.53. The van der Waals surface area contributed by atoms with Gasteiger partial charge in [0.05, 0.1) is 30.4 Å². The molecule has 50 heavy (non-hydrogen) atoms. The Kier molecular flexibility index (Phi) is 8.50. The van der Waals surface area contributed by atoms with Gasteiger partial charge in [-0.05, 0) is 37.1 Å². The molecule has 3 aliphatic carbocycles. The Bertz CT molecular complexity index is 1940. The van der Waals surface area contributed by atoms with Gasteiger partial charge in [-0.15, -0.1) is 0 Å². The third-order valence-electron chi connectivity index (χ3n) is 10.2. The first-order chi connectivity index (χ1) is 23.6. The van der Waals surface area contributed by atoms with Gasteiger partial charge in [0, 0.05) is 50.1 Å². The Morgan fingerprint density at radius 2 is 1.64 bits per heavy atom. The van der Waals surface area contributed by atoms with Crippen LogP contribution in [0.15, 0.2) is 23.2 Å². The number of aliphatic imine (C=N–C) groups is 1. The summed E-state index contributed by atoms with van der Waals surface area (Å²) in [6, 6.07) is 2.30. The van der Waals surface area contributed by atoms with Crippen LogP contribution < -0.4 is 5.73 Å². The van der Waals surface area contributed by atoms with E-state index in [1.807, 2.05) is 0 Å². The number of carbonyl (C=O) groups is 4. The lowest BCUT2D eigenvalue weighted by molar-refractivity contribution is -0.228. The third kappa shape index (κ3) is 4.40. The van der Waals surface area contributed by atoms with E-state index < -0.39 is 111 Å². The van der Waals surface area contributed by atoms with Crippen LogP contribution >= 0.6 is 0 Å². The van der Waals surface area contributed by atoms with Crippen molar-refractivity contribution in [1.82, 2.24) is 0 Å². The molecule has 266 valence electrons. The summed E-state index contributed by atoms with van der Waals surface area (Å²) >= 11 is 0. The first-order valence-corrected chi connectivity index (χ1v) is 15.5. The minimum atomic E-state index is -3.19. The molecule has 0 aromatic heterocycles. The zero-order valence-corrected chi connectivity index (χ0v) is 27.8. The number of ether oxygens (including phenoxy) is 5. The van der Waals surface area contributed by atoms with Crippen LogP contribution in [0.2, 0.25) is 0 Å². The number of nitrogens with two attached hydrogens (primary N) is 1. The van der Waals surface area contributed by atoms with Gasteiger partial charge >= 0.3 is 5.97 Å². The van der Waals surface area contributed by atoms with E-state index in [0.717, 1.165) is 26.4 Å². The summed E-state index contributed by atoms with van der Waals surface area (Å²) in [6.45, 7) is 3.09. The number of nitrogens with zero attached hydrogens (tertiary/aromatic N) is 1. The number of Topliss-reactive ketones (excluding diaryl/α,β-unsaturated/α-hetero) is 3. The van der Waals surface area contributed by atoms with Crippen molar-refractivity contribution in [3.63, 3.8) is 0 Å². The number of aliphatic hydroxyl groups is 3. The first-order valence-electron chi connectivity index (χ1n) is 15.5. The monoisotopic (exact) mass is 696 g/mol. The predicted molar refractivity (Wildman–Crippen MR) is 170 cm³/mol. The molecule has 1 aliphatic heterocycles. The number of hydrogen-bond donors (Lipinski definition) is 6. The summed E-state index contributed by atoms with van der Waals surface area (Å²) in [6.07, 6.45) is -6.19. The van der Waals surface area contributed by atoms with Crippen molar-refractivity contribution in [1.29, 1.82) is 0 Å². The second-order valence-electron chi connectivity index (χ2n) is 12.6. The molecule has 16 heteroatoms. The topological polar surface area (TPSA) is 254 Å². The maximum Gasteiger partial charge on any atom is 0.341 e. The van der Waals surface area contributed by atoms with Gasteiger partial charge in [-0.25, -0.2) is 9.79 Å². The molecule has 7 N–H and O–H groups in total. The number of methoxy groups -OCH3 is 4. The lowest BCUT2D eigenvalue weighted by Crippen LogP contribution is -2.73. The first kappa shape index (κ1) is 35.3. The summed E-state index contributed by atoms with van der Waals surface area (Å²) in [5, 5.41) is 57.7. The minimum Gasteiger partial charge on any atom is -0.507 e. The number of hydrogen-bond acceptors (Lipinski definition) is 16. The molecule has 0 bridgehead atoms. The van der Waals surface area contributed by atoms with E-state index in [1.54, 1.807) is 6.92 Å². The predicted octanol–water partition coefficient (Wildman–Crippen LogP) is -0.166. The van der Waals surface area contributed by atoms with Crippen molar-refractivity contribution in [2.24, 2.45) is 10.7 Å². The Hall–Kier alpha value is -4.55. The Labute approximate surface area is 284 Å². The molecule has 2 aromatic rings. The van der Waals surface area contributed by atoms with E-state index in [0.29, 0.717) is 0 Å². The molecule has 0 radical (unpaired) electrons. The number of esters is 1. The number of aliphatic hydroxyl groups excluding tert-OH is 2. The molecule has 0 spiro atoms. The standard InChI is InChI=1S/C34H36N2O14/c1-11-7-13-8-18(37)34(49-6)30(43)21-15(29(42)33(34,45)22(13)25(40)19(11)32(44)48-5)9-14-20(24(21)39)16(35)10-17(23(14)38)36-31-28(47-4)26(41)27(46-3)12(2)50-31/h7,9-10,12,18,26-28,31,37,39-41,45H,8,35H2,1-6H3/t12-,18+,26+,27-,28+,31-,33-,34+/m0/s1. The van der Waals surface area contributed by atoms with Crippen LogP contribution in [0.1, 0.15) is 70.6 Å². The molecule has 6 rings (SSSR count). The van der Waals surface area contributed by atoms with Crippen LogP contribution in [0, 0.1) is 6.92 Å². The highest BCUT2D eigenvalue weighted by Gasteiger charge is 2.72. The van der Waals surface area contributed by atoms with E-state index in [9.17, 15) is 44.7 Å². The molecule has 1 fully saturated rings. The molecule has 8 atom stereocenters. The van der Waals surface area contributed by atoms with Crippen molar-refractivity contribution in [3.8, 4) is 11.5 Å². The number of aryl methyl sites for hydroxylation is 1. The number of fused-ring (bicyclic) bond motifs is 5. The molecule has 1 saturated heterocycles. The SMILES string of the molecule is COC(=O)c1c(C)cc2c(c1O)[C@]1(O)C(=O)c3cc4c(c(O)c3C(=O)[C@]1(OC)[C@H](O)C2)C(N)=CC(=N[C@H]1O[C@@H](C)[C@H](OC)[C@@H](O)[C@H]1OC)C4=O. The highest BCUT2D eigenvalue weighted by Crippen LogP contribution is 2.56. The highest BCUT2D eigenvalue weighted by molar-refractivity contribution is 6.53. The fourth-order valence-electron chi connectivity index (χ4n) is 7.83. The molecule has 4 aliphatic rings. The van der Waals surface area contributed by atoms with Crippen LogP contribution in [0.3, 0.4) is 0 Å². The third-order valence-corrected chi connectivity index (χ3v) is 10.2. The van der Waals surface area contributed by atoms with E-state index in [-0.39, 0.29) is 33.7 Å². The Balaban J connectivity index is 1.56. The molecular formula is C34H36N2O14. The Morgan fingerprint density at radius 1 is 0.980 bits per heavy atom. The van der Waals surface area contributed by atoms with Gasteiger partial charge in [0.2, 0.25) is 17.3 Å². The summed E-state index contributed by atoms with van der Waals surface area (Å²) in [7, 11) is 4.70. The molecule has 0 saturated carbocycles. The molecule has 0 amide bonds. The van der Waals surface area contributed by atoms with Crippen molar-refractivity contribution in [3.05, 3.63) is 62.7 Å². The maximum absolute atomic E-state index is 14.6. The van der Waals surface area contributed by atoms with E-state index in [4.69, 9.17) is 29.4 Å². The van der Waals surface area contributed by atoms with Crippen LogP contribution in [0.5, 0.6) is 11.5 Å². The largest absolute Gasteiger partial charge is 0.507 e. The number of allylic oxidation sites excluding steroid dienone is 1. The number of benzene rings is 2. The molecule has 0 unspecified atom stereocenters. The molecule has 2 aromatic carbocycles.